The predicted octanol–water partition coefficient (Wildman–Crippen LogP) is 2.21. The molecule has 1 aromatic rings. The van der Waals surface area contributed by atoms with Gasteiger partial charge in [0.25, 0.3) is 0 Å². The Morgan fingerprint density at radius 2 is 1.71 bits per heavy atom. The van der Waals surface area contributed by atoms with Crippen LogP contribution in [-0.4, -0.2) is 47.0 Å². The first kappa shape index (κ1) is 14.4. The minimum atomic E-state index is 0.211. The highest BCUT2D eigenvalue weighted by atomic mass is 16.2. The molecule has 3 fully saturated rings. The van der Waals surface area contributed by atoms with Gasteiger partial charge in [-0.25, -0.2) is 9.97 Å². The Hall–Kier alpha value is -1.91. The molecule has 5 rings (SSSR count). The Morgan fingerprint density at radius 1 is 1.00 bits per heavy atom. The van der Waals surface area contributed by atoms with Crippen LogP contribution in [0.15, 0.2) is 24.5 Å². The van der Waals surface area contributed by atoms with E-state index in [1.165, 1.54) is 18.5 Å². The Kier molecular flexibility index (Phi) is 3.35. The SMILES string of the molecule is O=C(C1CC=CC1)N1CC2CN(c3cc(C4CC4)ncn3)CC2C1. The molecule has 126 valence electrons. The molecule has 1 saturated carbocycles. The molecule has 1 aromatic heterocycles. The number of fused-ring (bicyclic) bond motifs is 1. The Balaban J connectivity index is 1.23. The zero-order valence-corrected chi connectivity index (χ0v) is 14.0. The van der Waals surface area contributed by atoms with Crippen LogP contribution < -0.4 is 4.90 Å². The van der Waals surface area contributed by atoms with Crippen molar-refractivity contribution in [2.75, 3.05) is 31.1 Å². The molecular formula is C19H24N4O. The zero-order chi connectivity index (χ0) is 16.1. The number of aromatic nitrogens is 2. The minimum absolute atomic E-state index is 0.211. The first-order valence-corrected chi connectivity index (χ1v) is 9.28. The first-order chi connectivity index (χ1) is 11.8. The lowest BCUT2D eigenvalue weighted by Crippen LogP contribution is -2.36. The predicted molar refractivity (Wildman–Crippen MR) is 91.6 cm³/mol. The number of nitrogens with zero attached hydrogens (tertiary/aromatic N) is 4. The van der Waals surface area contributed by atoms with Crippen molar-refractivity contribution in [3.05, 3.63) is 30.2 Å². The lowest BCUT2D eigenvalue weighted by molar-refractivity contribution is -0.134. The van der Waals surface area contributed by atoms with Gasteiger partial charge in [-0.05, 0) is 25.7 Å². The Labute approximate surface area is 142 Å². The molecule has 24 heavy (non-hydrogen) atoms. The minimum Gasteiger partial charge on any atom is -0.356 e. The van der Waals surface area contributed by atoms with Gasteiger partial charge in [0, 0.05) is 61.6 Å². The number of hydrogen-bond acceptors (Lipinski definition) is 4. The van der Waals surface area contributed by atoms with Crippen LogP contribution in [0.3, 0.4) is 0 Å². The third-order valence-corrected chi connectivity index (χ3v) is 6.15. The standard InChI is InChI=1S/C19H24N4O/c24-19(14-3-1-2-4-14)23-10-15-8-22(9-16(15)11-23)18-7-17(13-5-6-13)20-12-21-18/h1-2,7,12-16H,3-6,8-11H2. The largest absolute Gasteiger partial charge is 0.356 e. The number of allylic oxidation sites excluding steroid dienone is 2. The van der Waals surface area contributed by atoms with Crippen LogP contribution in [0, 0.1) is 17.8 Å². The molecule has 0 aromatic carbocycles. The van der Waals surface area contributed by atoms with Crippen molar-refractivity contribution in [2.45, 2.75) is 31.6 Å². The van der Waals surface area contributed by atoms with Crippen molar-refractivity contribution in [1.29, 1.82) is 0 Å². The molecule has 2 atom stereocenters. The summed E-state index contributed by atoms with van der Waals surface area (Å²) in [7, 11) is 0. The average Bonchev–Trinajstić information content (AvgIpc) is 2.99. The van der Waals surface area contributed by atoms with E-state index in [2.05, 4.69) is 38.0 Å². The van der Waals surface area contributed by atoms with Crippen molar-refractivity contribution >= 4 is 11.7 Å². The maximum Gasteiger partial charge on any atom is 0.226 e. The van der Waals surface area contributed by atoms with Crippen molar-refractivity contribution in [2.24, 2.45) is 17.8 Å². The van der Waals surface area contributed by atoms with E-state index in [-0.39, 0.29) is 5.92 Å². The fourth-order valence-corrected chi connectivity index (χ4v) is 4.57. The van der Waals surface area contributed by atoms with E-state index >= 15 is 0 Å². The smallest absolute Gasteiger partial charge is 0.226 e. The van der Waals surface area contributed by atoms with Crippen LogP contribution in [0.5, 0.6) is 0 Å². The van der Waals surface area contributed by atoms with E-state index in [9.17, 15) is 4.79 Å². The number of anilines is 1. The molecule has 0 bridgehead atoms. The zero-order valence-electron chi connectivity index (χ0n) is 14.0. The van der Waals surface area contributed by atoms with Crippen LogP contribution in [-0.2, 0) is 4.79 Å². The van der Waals surface area contributed by atoms with Gasteiger partial charge in [-0.3, -0.25) is 4.79 Å². The highest BCUT2D eigenvalue weighted by Gasteiger charge is 2.43. The molecule has 2 saturated heterocycles. The van der Waals surface area contributed by atoms with Crippen LogP contribution in [0.2, 0.25) is 0 Å². The Bertz CT molecular complexity index is 662. The van der Waals surface area contributed by atoms with E-state index < -0.39 is 0 Å². The maximum atomic E-state index is 12.6. The van der Waals surface area contributed by atoms with Crippen LogP contribution in [0.1, 0.15) is 37.3 Å². The molecule has 4 aliphatic rings. The topological polar surface area (TPSA) is 49.3 Å². The van der Waals surface area contributed by atoms with Crippen LogP contribution >= 0.6 is 0 Å². The van der Waals surface area contributed by atoms with E-state index in [1.54, 1.807) is 6.33 Å². The third kappa shape index (κ3) is 2.50. The monoisotopic (exact) mass is 324 g/mol. The summed E-state index contributed by atoms with van der Waals surface area (Å²) in [5.74, 6) is 3.54. The lowest BCUT2D eigenvalue weighted by Gasteiger charge is -2.24. The quantitative estimate of drug-likeness (QED) is 0.800. The summed E-state index contributed by atoms with van der Waals surface area (Å²) in [6.07, 6.45) is 10.4. The van der Waals surface area contributed by atoms with Gasteiger partial charge < -0.3 is 9.80 Å². The van der Waals surface area contributed by atoms with E-state index in [0.29, 0.717) is 23.7 Å². The number of carbonyl (C=O) groups is 1. The number of amides is 1. The van der Waals surface area contributed by atoms with Crippen LogP contribution in [0.25, 0.3) is 0 Å². The Morgan fingerprint density at radius 3 is 2.38 bits per heavy atom. The number of likely N-dealkylation sites (tertiary alicyclic amines) is 1. The van der Waals surface area contributed by atoms with Crippen LogP contribution in [0.4, 0.5) is 5.82 Å². The van der Waals surface area contributed by atoms with Gasteiger partial charge in [0.2, 0.25) is 5.91 Å². The second-order valence-electron chi connectivity index (χ2n) is 7.88. The number of hydrogen-bond donors (Lipinski definition) is 0. The van der Waals surface area contributed by atoms with Gasteiger partial charge in [-0.1, -0.05) is 12.2 Å². The highest BCUT2D eigenvalue weighted by molar-refractivity contribution is 5.80. The van der Waals surface area contributed by atoms with Crippen molar-refractivity contribution in [1.82, 2.24) is 14.9 Å². The average molecular weight is 324 g/mol. The molecule has 0 spiro atoms. The number of rotatable bonds is 3. The molecule has 2 aliphatic carbocycles. The van der Waals surface area contributed by atoms with E-state index in [0.717, 1.165) is 44.8 Å². The first-order valence-electron chi connectivity index (χ1n) is 9.28. The van der Waals surface area contributed by atoms with Gasteiger partial charge in [-0.15, -0.1) is 0 Å². The molecular weight excluding hydrogens is 300 g/mol. The third-order valence-electron chi connectivity index (χ3n) is 6.15. The fourth-order valence-electron chi connectivity index (χ4n) is 4.57. The maximum absolute atomic E-state index is 12.6. The van der Waals surface area contributed by atoms with Gasteiger partial charge in [0.1, 0.15) is 12.1 Å². The molecule has 5 heteroatoms. The molecule has 2 unspecified atom stereocenters. The molecule has 0 N–H and O–H groups in total. The fraction of sp³-hybridized carbons (Fsp3) is 0.632. The lowest BCUT2D eigenvalue weighted by atomic mass is 10.0. The summed E-state index contributed by atoms with van der Waals surface area (Å²) in [5.41, 5.74) is 1.21. The highest BCUT2D eigenvalue weighted by Crippen LogP contribution is 2.40. The van der Waals surface area contributed by atoms with E-state index in [4.69, 9.17) is 0 Å². The van der Waals surface area contributed by atoms with E-state index in [1.807, 2.05) is 0 Å². The summed E-state index contributed by atoms with van der Waals surface area (Å²) >= 11 is 0. The molecule has 0 radical (unpaired) electrons. The summed E-state index contributed by atoms with van der Waals surface area (Å²) in [5, 5.41) is 0. The summed E-state index contributed by atoms with van der Waals surface area (Å²) in [4.78, 5) is 26.1. The van der Waals surface area contributed by atoms with Gasteiger partial charge in [0.15, 0.2) is 0 Å². The van der Waals surface area contributed by atoms with Crippen molar-refractivity contribution < 1.29 is 4.79 Å². The van der Waals surface area contributed by atoms with Crippen molar-refractivity contribution in [3.8, 4) is 0 Å². The second kappa shape index (κ2) is 5.57. The molecule has 2 aliphatic heterocycles. The normalized spacial score (nSPS) is 29.5. The molecule has 5 nitrogen and oxygen atoms in total. The summed E-state index contributed by atoms with van der Waals surface area (Å²) in [6, 6.07) is 2.19. The van der Waals surface area contributed by atoms with Gasteiger partial charge in [0.05, 0.1) is 0 Å². The van der Waals surface area contributed by atoms with Crippen molar-refractivity contribution in [3.63, 3.8) is 0 Å². The molecule has 3 heterocycles. The second-order valence-corrected chi connectivity index (χ2v) is 7.88. The summed E-state index contributed by atoms with van der Waals surface area (Å²) < 4.78 is 0. The summed E-state index contributed by atoms with van der Waals surface area (Å²) in [6.45, 7) is 3.91. The van der Waals surface area contributed by atoms with Gasteiger partial charge in [-0.2, -0.15) is 0 Å². The van der Waals surface area contributed by atoms with Gasteiger partial charge >= 0.3 is 0 Å². The number of carbonyl (C=O) groups excluding carboxylic acids is 1. The molecule has 1 amide bonds.